The molecule has 21 heavy (non-hydrogen) atoms. The normalized spacial score (nSPS) is 12.1. The first-order chi connectivity index (χ1) is 10.2. The van der Waals surface area contributed by atoms with E-state index in [1.807, 2.05) is 12.1 Å². The Labute approximate surface area is 135 Å². The van der Waals surface area contributed by atoms with Crippen LogP contribution in [0.25, 0.3) is 0 Å². The van der Waals surface area contributed by atoms with Gasteiger partial charge in [-0.05, 0) is 54.8 Å². The van der Waals surface area contributed by atoms with Crippen molar-refractivity contribution in [1.29, 1.82) is 0 Å². The molecule has 2 nitrogen and oxygen atoms in total. The average Bonchev–Trinajstić information content (AvgIpc) is 2.53. The molecule has 3 heteroatoms. The standard InChI is InChI=1S/C18H22BrNO/c1-3-12-20-18(15-6-8-16(19)9-7-15)13-14-4-10-17(21-2)11-5-14/h4-11,18,20H,3,12-13H2,1-2H3. The van der Waals surface area contributed by atoms with E-state index in [9.17, 15) is 0 Å². The van der Waals surface area contributed by atoms with Gasteiger partial charge in [0.1, 0.15) is 5.75 Å². The minimum atomic E-state index is 0.339. The molecule has 0 aliphatic heterocycles. The lowest BCUT2D eigenvalue weighted by molar-refractivity contribution is 0.414. The molecule has 2 rings (SSSR count). The lowest BCUT2D eigenvalue weighted by Gasteiger charge is -2.19. The van der Waals surface area contributed by atoms with Crippen molar-refractivity contribution in [1.82, 2.24) is 5.32 Å². The molecule has 1 atom stereocenters. The third-order valence-electron chi connectivity index (χ3n) is 3.51. The first-order valence-electron chi connectivity index (χ1n) is 7.34. The summed E-state index contributed by atoms with van der Waals surface area (Å²) in [7, 11) is 1.70. The Kier molecular flexibility index (Phi) is 6.27. The molecule has 1 N–H and O–H groups in total. The monoisotopic (exact) mass is 347 g/mol. The molecule has 0 aliphatic rings. The van der Waals surface area contributed by atoms with Crippen LogP contribution in [0.1, 0.15) is 30.5 Å². The molecule has 0 heterocycles. The summed E-state index contributed by atoms with van der Waals surface area (Å²) in [4.78, 5) is 0. The molecule has 0 spiro atoms. The fourth-order valence-corrected chi connectivity index (χ4v) is 2.58. The maximum Gasteiger partial charge on any atom is 0.118 e. The summed E-state index contributed by atoms with van der Waals surface area (Å²) in [5, 5.41) is 3.64. The highest BCUT2D eigenvalue weighted by atomic mass is 79.9. The predicted octanol–water partition coefficient (Wildman–Crippen LogP) is 4.74. The maximum atomic E-state index is 5.22. The van der Waals surface area contributed by atoms with Crippen molar-refractivity contribution in [3.63, 3.8) is 0 Å². The van der Waals surface area contributed by atoms with Gasteiger partial charge >= 0.3 is 0 Å². The highest BCUT2D eigenvalue weighted by Crippen LogP contribution is 2.22. The Morgan fingerprint density at radius 1 is 1.05 bits per heavy atom. The van der Waals surface area contributed by atoms with Crippen LogP contribution < -0.4 is 10.1 Å². The van der Waals surface area contributed by atoms with Crippen LogP contribution in [0, 0.1) is 0 Å². The van der Waals surface area contributed by atoms with Crippen molar-refractivity contribution in [3.05, 3.63) is 64.1 Å². The van der Waals surface area contributed by atoms with Crippen molar-refractivity contribution in [2.24, 2.45) is 0 Å². The largest absolute Gasteiger partial charge is 0.497 e. The first-order valence-corrected chi connectivity index (χ1v) is 8.14. The number of hydrogen-bond acceptors (Lipinski definition) is 2. The minimum absolute atomic E-state index is 0.339. The van der Waals surface area contributed by atoms with Gasteiger partial charge in [0.25, 0.3) is 0 Å². The fourth-order valence-electron chi connectivity index (χ4n) is 2.32. The van der Waals surface area contributed by atoms with Crippen molar-refractivity contribution in [2.45, 2.75) is 25.8 Å². The van der Waals surface area contributed by atoms with Crippen LogP contribution in [-0.2, 0) is 6.42 Å². The second-order valence-corrected chi connectivity index (χ2v) is 6.03. The number of nitrogens with one attached hydrogen (secondary N) is 1. The van der Waals surface area contributed by atoms with Crippen LogP contribution in [0.2, 0.25) is 0 Å². The van der Waals surface area contributed by atoms with Gasteiger partial charge in [-0.3, -0.25) is 0 Å². The van der Waals surface area contributed by atoms with E-state index < -0.39 is 0 Å². The van der Waals surface area contributed by atoms with Gasteiger partial charge in [-0.15, -0.1) is 0 Å². The van der Waals surface area contributed by atoms with Gasteiger partial charge in [0.05, 0.1) is 7.11 Å². The van der Waals surface area contributed by atoms with Gasteiger partial charge in [-0.1, -0.05) is 47.1 Å². The number of methoxy groups -OCH3 is 1. The molecule has 0 aliphatic carbocycles. The zero-order valence-corrected chi connectivity index (χ0v) is 14.2. The fraction of sp³-hybridized carbons (Fsp3) is 0.333. The molecule has 0 saturated carbocycles. The summed E-state index contributed by atoms with van der Waals surface area (Å²) in [6.07, 6.45) is 2.11. The molecule has 0 aromatic heterocycles. The smallest absolute Gasteiger partial charge is 0.118 e. The van der Waals surface area contributed by atoms with Crippen molar-refractivity contribution >= 4 is 15.9 Å². The molecule has 0 bridgehead atoms. The van der Waals surface area contributed by atoms with Crippen LogP contribution in [0.4, 0.5) is 0 Å². The number of ether oxygens (including phenoxy) is 1. The summed E-state index contributed by atoms with van der Waals surface area (Å²) < 4.78 is 6.33. The second-order valence-electron chi connectivity index (χ2n) is 5.11. The second kappa shape index (κ2) is 8.20. The van der Waals surface area contributed by atoms with Gasteiger partial charge in [-0.2, -0.15) is 0 Å². The molecule has 2 aromatic carbocycles. The van der Waals surface area contributed by atoms with E-state index >= 15 is 0 Å². The summed E-state index contributed by atoms with van der Waals surface area (Å²) in [6, 6.07) is 17.2. The van der Waals surface area contributed by atoms with Crippen molar-refractivity contribution in [2.75, 3.05) is 13.7 Å². The molecule has 0 saturated heterocycles. The van der Waals surface area contributed by atoms with E-state index in [0.29, 0.717) is 6.04 Å². The average molecular weight is 348 g/mol. The molecule has 0 fully saturated rings. The minimum Gasteiger partial charge on any atom is -0.497 e. The number of benzene rings is 2. The lowest BCUT2D eigenvalue weighted by atomic mass is 9.98. The third kappa shape index (κ3) is 4.87. The topological polar surface area (TPSA) is 21.3 Å². The molecular formula is C18H22BrNO. The zero-order valence-electron chi connectivity index (χ0n) is 12.6. The predicted molar refractivity (Wildman–Crippen MR) is 91.9 cm³/mol. The maximum absolute atomic E-state index is 5.22. The first kappa shape index (κ1) is 16.1. The zero-order chi connectivity index (χ0) is 15.1. The van der Waals surface area contributed by atoms with Crippen LogP contribution >= 0.6 is 15.9 Å². The van der Waals surface area contributed by atoms with Crippen molar-refractivity contribution < 1.29 is 4.74 Å². The summed E-state index contributed by atoms with van der Waals surface area (Å²) in [5.74, 6) is 0.903. The van der Waals surface area contributed by atoms with Gasteiger partial charge in [0.2, 0.25) is 0 Å². The van der Waals surface area contributed by atoms with Gasteiger partial charge in [-0.25, -0.2) is 0 Å². The van der Waals surface area contributed by atoms with Crippen LogP contribution in [-0.4, -0.2) is 13.7 Å². The van der Waals surface area contributed by atoms with Gasteiger partial charge in [0, 0.05) is 10.5 Å². The molecule has 112 valence electrons. The number of rotatable bonds is 7. The van der Waals surface area contributed by atoms with Crippen LogP contribution in [0.5, 0.6) is 5.75 Å². The molecule has 1 unspecified atom stereocenters. The summed E-state index contributed by atoms with van der Waals surface area (Å²) >= 11 is 3.50. The van der Waals surface area contributed by atoms with Gasteiger partial charge < -0.3 is 10.1 Å². The number of halogens is 1. The van der Waals surface area contributed by atoms with E-state index in [-0.39, 0.29) is 0 Å². The third-order valence-corrected chi connectivity index (χ3v) is 4.04. The lowest BCUT2D eigenvalue weighted by Crippen LogP contribution is -2.24. The highest BCUT2D eigenvalue weighted by Gasteiger charge is 2.11. The van der Waals surface area contributed by atoms with Gasteiger partial charge in [0.15, 0.2) is 0 Å². The van der Waals surface area contributed by atoms with E-state index in [2.05, 4.69) is 64.6 Å². The van der Waals surface area contributed by atoms with E-state index in [1.54, 1.807) is 7.11 Å². The Morgan fingerprint density at radius 2 is 1.71 bits per heavy atom. The van der Waals surface area contributed by atoms with E-state index in [1.165, 1.54) is 11.1 Å². The van der Waals surface area contributed by atoms with E-state index in [0.717, 1.165) is 29.6 Å². The SMILES string of the molecule is CCCNC(Cc1ccc(OC)cc1)c1ccc(Br)cc1. The molecule has 2 aromatic rings. The van der Waals surface area contributed by atoms with Crippen LogP contribution in [0.3, 0.4) is 0 Å². The highest BCUT2D eigenvalue weighted by molar-refractivity contribution is 9.10. The quantitative estimate of drug-likeness (QED) is 0.780. The molecule has 0 amide bonds. The number of hydrogen-bond donors (Lipinski definition) is 1. The van der Waals surface area contributed by atoms with Crippen molar-refractivity contribution in [3.8, 4) is 5.75 Å². The van der Waals surface area contributed by atoms with Crippen LogP contribution in [0.15, 0.2) is 53.0 Å². The molecular weight excluding hydrogens is 326 g/mol. The summed E-state index contributed by atoms with van der Waals surface area (Å²) in [5.41, 5.74) is 2.63. The van der Waals surface area contributed by atoms with E-state index in [4.69, 9.17) is 4.74 Å². The Hall–Kier alpha value is -1.32. The summed E-state index contributed by atoms with van der Waals surface area (Å²) in [6.45, 7) is 3.22. The molecule has 0 radical (unpaired) electrons. The Balaban J connectivity index is 2.13. The Bertz CT molecular complexity index is 536. The Morgan fingerprint density at radius 3 is 2.29 bits per heavy atom.